The Balaban J connectivity index is 1.94. The van der Waals surface area contributed by atoms with E-state index in [4.69, 9.17) is 4.52 Å². The van der Waals surface area contributed by atoms with Gasteiger partial charge in [0.2, 0.25) is 5.89 Å². The van der Waals surface area contributed by atoms with Crippen molar-refractivity contribution >= 4 is 5.78 Å². The smallest absolute Gasteiger partial charge is 0.228 e. The maximum absolute atomic E-state index is 10.9. The van der Waals surface area contributed by atoms with Crippen LogP contribution in [0.4, 0.5) is 0 Å². The highest BCUT2D eigenvalue weighted by molar-refractivity contribution is 5.77. The van der Waals surface area contributed by atoms with E-state index in [1.807, 2.05) is 0 Å². The van der Waals surface area contributed by atoms with Gasteiger partial charge in [0, 0.05) is 12.5 Å². The minimum atomic E-state index is 0.0633. The molecule has 1 aromatic rings. The third-order valence-electron chi connectivity index (χ3n) is 3.23. The van der Waals surface area contributed by atoms with Gasteiger partial charge >= 0.3 is 0 Å². The van der Waals surface area contributed by atoms with Crippen LogP contribution in [0.5, 0.6) is 0 Å². The first-order valence-corrected chi connectivity index (χ1v) is 6.24. The summed E-state index contributed by atoms with van der Waals surface area (Å²) in [5.41, 5.74) is 0. The van der Waals surface area contributed by atoms with E-state index >= 15 is 0 Å². The van der Waals surface area contributed by atoms with Gasteiger partial charge in [-0.1, -0.05) is 12.1 Å². The first kappa shape index (κ1) is 12.2. The Morgan fingerprint density at radius 3 is 3.12 bits per heavy atom. The van der Waals surface area contributed by atoms with Crippen molar-refractivity contribution in [2.75, 3.05) is 13.1 Å². The van der Waals surface area contributed by atoms with E-state index in [2.05, 4.69) is 22.0 Å². The number of carbonyl (C=O) groups excluding carboxylic acids is 1. The summed E-state index contributed by atoms with van der Waals surface area (Å²) in [6.07, 6.45) is 3.51. The second kappa shape index (κ2) is 5.40. The molecule has 1 aliphatic heterocycles. The van der Waals surface area contributed by atoms with E-state index in [0.717, 1.165) is 19.5 Å². The molecule has 0 saturated carbocycles. The predicted molar refractivity (Wildman–Crippen MR) is 62.7 cm³/mol. The van der Waals surface area contributed by atoms with Gasteiger partial charge in [0.15, 0.2) is 5.82 Å². The SMILES string of the molecule is CCN1CCCC1Cc1nc(CC(C)=O)no1. The van der Waals surface area contributed by atoms with Gasteiger partial charge in [-0.2, -0.15) is 4.98 Å². The van der Waals surface area contributed by atoms with Gasteiger partial charge in [0.05, 0.1) is 6.42 Å². The number of nitrogens with zero attached hydrogens (tertiary/aromatic N) is 3. The molecule has 1 fully saturated rings. The van der Waals surface area contributed by atoms with E-state index in [0.29, 0.717) is 17.8 Å². The third-order valence-corrected chi connectivity index (χ3v) is 3.23. The molecule has 2 heterocycles. The zero-order valence-corrected chi connectivity index (χ0v) is 10.5. The second-order valence-electron chi connectivity index (χ2n) is 4.61. The Morgan fingerprint density at radius 2 is 2.41 bits per heavy atom. The van der Waals surface area contributed by atoms with Crippen LogP contribution in [-0.2, 0) is 17.6 Å². The summed E-state index contributed by atoms with van der Waals surface area (Å²) in [4.78, 5) is 17.6. The summed E-state index contributed by atoms with van der Waals surface area (Å²) >= 11 is 0. The molecule has 5 nitrogen and oxygen atoms in total. The van der Waals surface area contributed by atoms with Crippen LogP contribution in [-0.4, -0.2) is 40.0 Å². The van der Waals surface area contributed by atoms with Gasteiger partial charge in [0.1, 0.15) is 5.78 Å². The molecule has 0 amide bonds. The number of rotatable bonds is 5. The van der Waals surface area contributed by atoms with E-state index < -0.39 is 0 Å². The molecule has 1 atom stereocenters. The fraction of sp³-hybridized carbons (Fsp3) is 0.750. The Bertz CT molecular complexity index is 389. The Hall–Kier alpha value is -1.23. The summed E-state index contributed by atoms with van der Waals surface area (Å²) < 4.78 is 5.18. The number of likely N-dealkylation sites (N-methyl/N-ethyl adjacent to an activating group) is 1. The molecule has 0 spiro atoms. The molecule has 1 unspecified atom stereocenters. The largest absolute Gasteiger partial charge is 0.339 e. The van der Waals surface area contributed by atoms with E-state index in [1.54, 1.807) is 0 Å². The van der Waals surface area contributed by atoms with Crippen molar-refractivity contribution in [3.63, 3.8) is 0 Å². The van der Waals surface area contributed by atoms with Crippen LogP contribution in [0.1, 0.15) is 38.4 Å². The molecular weight excluding hydrogens is 218 g/mol. The minimum Gasteiger partial charge on any atom is -0.339 e. The lowest BCUT2D eigenvalue weighted by atomic mass is 10.1. The zero-order valence-electron chi connectivity index (χ0n) is 10.5. The van der Waals surface area contributed by atoms with Crippen molar-refractivity contribution in [2.24, 2.45) is 0 Å². The summed E-state index contributed by atoms with van der Waals surface area (Å²) in [6.45, 7) is 5.94. The van der Waals surface area contributed by atoms with Crippen molar-refractivity contribution in [2.45, 2.75) is 45.6 Å². The average molecular weight is 237 g/mol. The van der Waals surface area contributed by atoms with Crippen LogP contribution < -0.4 is 0 Å². The van der Waals surface area contributed by atoms with E-state index in [1.165, 1.54) is 19.8 Å². The van der Waals surface area contributed by atoms with Crippen molar-refractivity contribution in [1.29, 1.82) is 0 Å². The lowest BCUT2D eigenvalue weighted by Gasteiger charge is -2.20. The second-order valence-corrected chi connectivity index (χ2v) is 4.61. The number of hydrogen-bond acceptors (Lipinski definition) is 5. The molecule has 0 radical (unpaired) electrons. The fourth-order valence-corrected chi connectivity index (χ4v) is 2.41. The lowest BCUT2D eigenvalue weighted by Crippen LogP contribution is -2.30. The quantitative estimate of drug-likeness (QED) is 0.770. The number of aromatic nitrogens is 2. The van der Waals surface area contributed by atoms with Gasteiger partial charge in [-0.25, -0.2) is 0 Å². The van der Waals surface area contributed by atoms with Crippen LogP contribution in [0.25, 0.3) is 0 Å². The van der Waals surface area contributed by atoms with Crippen molar-refractivity contribution in [3.05, 3.63) is 11.7 Å². The molecule has 94 valence electrons. The van der Waals surface area contributed by atoms with Crippen molar-refractivity contribution in [3.8, 4) is 0 Å². The molecule has 1 aromatic heterocycles. The van der Waals surface area contributed by atoms with E-state index in [9.17, 15) is 4.79 Å². The third kappa shape index (κ3) is 3.12. The van der Waals surface area contributed by atoms with Crippen LogP contribution in [0.3, 0.4) is 0 Å². The van der Waals surface area contributed by atoms with Gasteiger partial charge in [-0.05, 0) is 32.9 Å². The minimum absolute atomic E-state index is 0.0633. The lowest BCUT2D eigenvalue weighted by molar-refractivity contribution is -0.116. The molecule has 17 heavy (non-hydrogen) atoms. The standard InChI is InChI=1S/C12H19N3O2/c1-3-15-6-4-5-10(15)8-12-13-11(14-17-12)7-9(2)16/h10H,3-8H2,1-2H3. The van der Waals surface area contributed by atoms with Crippen LogP contribution >= 0.6 is 0 Å². The summed E-state index contributed by atoms with van der Waals surface area (Å²) in [5, 5.41) is 3.82. The molecular formula is C12H19N3O2. The number of likely N-dealkylation sites (tertiary alicyclic amines) is 1. The summed E-state index contributed by atoms with van der Waals surface area (Å²) in [7, 11) is 0. The molecule has 0 aromatic carbocycles. The maximum Gasteiger partial charge on any atom is 0.228 e. The van der Waals surface area contributed by atoms with Crippen molar-refractivity contribution < 1.29 is 9.32 Å². The molecule has 5 heteroatoms. The highest BCUT2D eigenvalue weighted by Gasteiger charge is 2.25. The number of ketones is 1. The van der Waals surface area contributed by atoms with Gasteiger partial charge in [0.25, 0.3) is 0 Å². The first-order chi connectivity index (χ1) is 8.19. The normalized spacial score (nSPS) is 20.9. The average Bonchev–Trinajstić information content (AvgIpc) is 2.87. The van der Waals surface area contributed by atoms with E-state index in [-0.39, 0.29) is 12.2 Å². The highest BCUT2D eigenvalue weighted by atomic mass is 16.5. The molecule has 0 aliphatic carbocycles. The van der Waals surface area contributed by atoms with Gasteiger partial charge < -0.3 is 9.42 Å². The maximum atomic E-state index is 10.9. The topological polar surface area (TPSA) is 59.2 Å². The molecule has 1 aliphatic rings. The fourth-order valence-electron chi connectivity index (χ4n) is 2.41. The Morgan fingerprint density at radius 1 is 1.59 bits per heavy atom. The zero-order chi connectivity index (χ0) is 12.3. The van der Waals surface area contributed by atoms with Crippen molar-refractivity contribution in [1.82, 2.24) is 15.0 Å². The monoisotopic (exact) mass is 237 g/mol. The molecule has 0 bridgehead atoms. The molecule has 0 N–H and O–H groups in total. The van der Waals surface area contributed by atoms with Gasteiger partial charge in [-0.3, -0.25) is 4.79 Å². The molecule has 2 rings (SSSR count). The number of carbonyl (C=O) groups is 1. The summed E-state index contributed by atoms with van der Waals surface area (Å²) in [6, 6.07) is 0.519. The highest BCUT2D eigenvalue weighted by Crippen LogP contribution is 2.19. The first-order valence-electron chi connectivity index (χ1n) is 6.24. The Kier molecular flexibility index (Phi) is 3.89. The predicted octanol–water partition coefficient (Wildman–Crippen LogP) is 1.23. The van der Waals surface area contributed by atoms with Crippen LogP contribution in [0, 0.1) is 0 Å². The number of hydrogen-bond donors (Lipinski definition) is 0. The number of Topliss-reactive ketones (excluding diaryl/α,β-unsaturated/α-hetero) is 1. The van der Waals surface area contributed by atoms with Gasteiger partial charge in [-0.15, -0.1) is 0 Å². The molecule has 1 saturated heterocycles. The van der Waals surface area contributed by atoms with Crippen LogP contribution in [0.2, 0.25) is 0 Å². The Labute approximate surface area is 101 Å². The summed E-state index contributed by atoms with van der Waals surface area (Å²) in [5.74, 6) is 1.23. The van der Waals surface area contributed by atoms with Crippen LogP contribution in [0.15, 0.2) is 4.52 Å².